The molecule has 0 saturated carbocycles. The summed E-state index contributed by atoms with van der Waals surface area (Å²) in [7, 11) is 0. The van der Waals surface area contributed by atoms with Gasteiger partial charge in [0, 0.05) is 12.4 Å². The smallest absolute Gasteiger partial charge is 0.174 e. The van der Waals surface area contributed by atoms with Crippen molar-refractivity contribution >= 4 is 0 Å². The van der Waals surface area contributed by atoms with Crippen LogP contribution in [-0.2, 0) is 0 Å². The Morgan fingerprint density at radius 2 is 1.59 bits per heavy atom. The first-order valence-electron chi connectivity index (χ1n) is 5.24. The standard InChI is InChI=1S/C13H9N4/c1-3-7-14-10(5-1)12-13(17-9-16-12)11-6-2-4-8-15-11/h1-8H,(H,16,17). The molecular weight excluding hydrogens is 212 g/mol. The summed E-state index contributed by atoms with van der Waals surface area (Å²) in [5.41, 5.74) is 3.25. The number of aromatic amines is 1. The molecular formula is C13H9N4. The number of aromatic nitrogens is 4. The van der Waals surface area contributed by atoms with Gasteiger partial charge in [-0.05, 0) is 24.3 Å². The molecule has 0 amide bonds. The molecule has 0 atom stereocenters. The SMILES string of the molecule is [c]1nc(-c2ccccn2)c(-c2ccccn2)[nH]1. The molecule has 3 aromatic rings. The highest BCUT2D eigenvalue weighted by molar-refractivity contribution is 5.73. The van der Waals surface area contributed by atoms with Crippen LogP contribution in [0.25, 0.3) is 22.8 Å². The summed E-state index contributed by atoms with van der Waals surface area (Å²) in [6.45, 7) is 0. The van der Waals surface area contributed by atoms with Gasteiger partial charge in [0.1, 0.15) is 5.69 Å². The van der Waals surface area contributed by atoms with Gasteiger partial charge in [-0.1, -0.05) is 12.1 Å². The molecule has 0 aromatic carbocycles. The average Bonchev–Trinajstić information content (AvgIpc) is 2.90. The van der Waals surface area contributed by atoms with Crippen molar-refractivity contribution in [3.63, 3.8) is 0 Å². The fourth-order valence-corrected chi connectivity index (χ4v) is 1.64. The fourth-order valence-electron chi connectivity index (χ4n) is 1.64. The van der Waals surface area contributed by atoms with Crippen molar-refractivity contribution in [1.82, 2.24) is 19.9 Å². The minimum Gasteiger partial charge on any atom is -0.333 e. The molecule has 3 heterocycles. The van der Waals surface area contributed by atoms with Gasteiger partial charge in [0.15, 0.2) is 6.33 Å². The Labute approximate surface area is 98.4 Å². The highest BCUT2D eigenvalue weighted by atomic mass is 14.9. The van der Waals surface area contributed by atoms with Gasteiger partial charge in [-0.25, -0.2) is 4.98 Å². The van der Waals surface area contributed by atoms with E-state index in [1.807, 2.05) is 36.4 Å². The second-order valence-electron chi connectivity index (χ2n) is 3.50. The monoisotopic (exact) mass is 221 g/mol. The number of nitrogens with one attached hydrogen (secondary N) is 1. The summed E-state index contributed by atoms with van der Waals surface area (Å²) in [5, 5.41) is 0. The van der Waals surface area contributed by atoms with Crippen LogP contribution >= 0.6 is 0 Å². The largest absolute Gasteiger partial charge is 0.333 e. The number of rotatable bonds is 2. The molecule has 4 nitrogen and oxygen atoms in total. The van der Waals surface area contributed by atoms with Gasteiger partial charge in [-0.3, -0.25) is 9.97 Å². The number of pyridine rings is 2. The minimum absolute atomic E-state index is 0.768. The number of hydrogen-bond acceptors (Lipinski definition) is 3. The van der Waals surface area contributed by atoms with Crippen LogP contribution in [0.3, 0.4) is 0 Å². The van der Waals surface area contributed by atoms with Crippen LogP contribution < -0.4 is 0 Å². The summed E-state index contributed by atoms with van der Waals surface area (Å²) in [5.74, 6) is 0. The van der Waals surface area contributed by atoms with E-state index in [0.29, 0.717) is 0 Å². The van der Waals surface area contributed by atoms with Gasteiger partial charge in [0.25, 0.3) is 0 Å². The lowest BCUT2D eigenvalue weighted by Gasteiger charge is -2.00. The summed E-state index contributed by atoms with van der Waals surface area (Å²) >= 11 is 0. The van der Waals surface area contributed by atoms with Crippen LogP contribution in [0.15, 0.2) is 48.8 Å². The first kappa shape index (κ1) is 9.72. The molecule has 0 spiro atoms. The Morgan fingerprint density at radius 3 is 2.24 bits per heavy atom. The zero-order chi connectivity index (χ0) is 11.5. The molecule has 0 aliphatic rings. The second kappa shape index (κ2) is 4.17. The van der Waals surface area contributed by atoms with Crippen LogP contribution in [0.4, 0.5) is 0 Å². The normalized spacial score (nSPS) is 10.4. The third-order valence-corrected chi connectivity index (χ3v) is 2.41. The molecule has 3 rings (SSSR count). The summed E-state index contributed by atoms with van der Waals surface area (Å²) in [6, 6.07) is 11.5. The molecule has 17 heavy (non-hydrogen) atoms. The lowest BCUT2D eigenvalue weighted by molar-refractivity contribution is 1.26. The van der Waals surface area contributed by atoms with Crippen molar-refractivity contribution in [2.45, 2.75) is 0 Å². The summed E-state index contributed by atoms with van der Waals surface area (Å²) in [4.78, 5) is 15.7. The topological polar surface area (TPSA) is 54.5 Å². The highest BCUT2D eigenvalue weighted by Crippen LogP contribution is 2.25. The lowest BCUT2D eigenvalue weighted by atomic mass is 10.2. The number of imidazole rings is 1. The number of hydrogen-bond donors (Lipinski definition) is 1. The van der Waals surface area contributed by atoms with Crippen LogP contribution in [0.5, 0.6) is 0 Å². The molecule has 0 unspecified atom stereocenters. The van der Waals surface area contributed by atoms with Crippen molar-refractivity contribution in [3.8, 4) is 22.8 Å². The molecule has 1 radical (unpaired) electrons. The molecule has 3 aromatic heterocycles. The maximum absolute atomic E-state index is 4.29. The van der Waals surface area contributed by atoms with Crippen molar-refractivity contribution in [2.75, 3.05) is 0 Å². The maximum Gasteiger partial charge on any atom is 0.174 e. The lowest BCUT2D eigenvalue weighted by Crippen LogP contribution is -1.88. The minimum atomic E-state index is 0.768. The van der Waals surface area contributed by atoms with E-state index in [4.69, 9.17) is 0 Å². The van der Waals surface area contributed by atoms with E-state index in [2.05, 4.69) is 26.3 Å². The quantitative estimate of drug-likeness (QED) is 0.722. The Hall–Kier alpha value is -2.49. The summed E-state index contributed by atoms with van der Waals surface area (Å²) in [6.07, 6.45) is 6.23. The van der Waals surface area contributed by atoms with Crippen LogP contribution in [0.2, 0.25) is 0 Å². The van der Waals surface area contributed by atoms with Crippen molar-refractivity contribution in [3.05, 3.63) is 55.1 Å². The number of H-pyrrole nitrogens is 1. The van der Waals surface area contributed by atoms with Gasteiger partial charge < -0.3 is 4.98 Å². The molecule has 1 N–H and O–H groups in total. The molecule has 0 aliphatic heterocycles. The second-order valence-corrected chi connectivity index (χ2v) is 3.50. The van der Waals surface area contributed by atoms with Gasteiger partial charge in [-0.15, -0.1) is 0 Å². The predicted octanol–water partition coefficient (Wildman–Crippen LogP) is 2.33. The Bertz CT molecular complexity index is 548. The maximum atomic E-state index is 4.29. The molecule has 0 aliphatic carbocycles. The van der Waals surface area contributed by atoms with Gasteiger partial charge in [0.05, 0.1) is 17.1 Å². The average molecular weight is 221 g/mol. The Balaban J connectivity index is 2.13. The molecule has 4 heteroatoms. The molecule has 0 bridgehead atoms. The Morgan fingerprint density at radius 1 is 0.882 bits per heavy atom. The van der Waals surface area contributed by atoms with Gasteiger partial charge in [0.2, 0.25) is 0 Å². The van der Waals surface area contributed by atoms with E-state index in [0.717, 1.165) is 22.8 Å². The van der Waals surface area contributed by atoms with Crippen LogP contribution in [0.1, 0.15) is 0 Å². The fraction of sp³-hybridized carbons (Fsp3) is 0. The molecule has 81 valence electrons. The summed E-state index contributed by atoms with van der Waals surface area (Å²) < 4.78 is 0. The highest BCUT2D eigenvalue weighted by Gasteiger charge is 2.11. The van der Waals surface area contributed by atoms with E-state index in [9.17, 15) is 0 Å². The van der Waals surface area contributed by atoms with E-state index in [-0.39, 0.29) is 0 Å². The van der Waals surface area contributed by atoms with Crippen LogP contribution in [0, 0.1) is 6.33 Å². The zero-order valence-corrected chi connectivity index (χ0v) is 8.96. The van der Waals surface area contributed by atoms with E-state index in [1.165, 1.54) is 0 Å². The van der Waals surface area contributed by atoms with Gasteiger partial charge in [-0.2, -0.15) is 0 Å². The Kier molecular flexibility index (Phi) is 2.38. The third-order valence-electron chi connectivity index (χ3n) is 2.41. The van der Waals surface area contributed by atoms with Crippen molar-refractivity contribution in [2.24, 2.45) is 0 Å². The van der Waals surface area contributed by atoms with E-state index < -0.39 is 0 Å². The third kappa shape index (κ3) is 1.80. The van der Waals surface area contributed by atoms with Crippen molar-refractivity contribution in [1.29, 1.82) is 0 Å². The van der Waals surface area contributed by atoms with Gasteiger partial charge >= 0.3 is 0 Å². The number of nitrogens with zero attached hydrogens (tertiary/aromatic N) is 3. The van der Waals surface area contributed by atoms with Crippen molar-refractivity contribution < 1.29 is 0 Å². The van der Waals surface area contributed by atoms with E-state index in [1.54, 1.807) is 12.4 Å². The molecule has 0 fully saturated rings. The van der Waals surface area contributed by atoms with Crippen LogP contribution in [-0.4, -0.2) is 19.9 Å². The predicted molar refractivity (Wildman–Crippen MR) is 63.9 cm³/mol. The first-order chi connectivity index (χ1) is 8.45. The zero-order valence-electron chi connectivity index (χ0n) is 8.96. The first-order valence-corrected chi connectivity index (χ1v) is 5.24. The molecule has 0 saturated heterocycles. The van der Waals surface area contributed by atoms with E-state index >= 15 is 0 Å².